The number of amides is 1. The Hall–Kier alpha value is -2.80. The molecule has 0 spiro atoms. The van der Waals surface area contributed by atoms with Crippen LogP contribution in [0.3, 0.4) is 0 Å². The van der Waals surface area contributed by atoms with E-state index in [0.717, 1.165) is 5.69 Å². The SMILES string of the molecule is O=C(Nc1nc(C2CC2)cs1)c1ccc(=O)n(-c2ccccc2)n1. The second-order valence-electron chi connectivity index (χ2n) is 5.61. The predicted octanol–water partition coefficient (Wildman–Crippen LogP) is 2.82. The average molecular weight is 338 g/mol. The summed E-state index contributed by atoms with van der Waals surface area (Å²) in [5.74, 6) is 0.168. The number of rotatable bonds is 4. The molecule has 7 heteroatoms. The molecule has 1 amide bonds. The monoisotopic (exact) mass is 338 g/mol. The van der Waals surface area contributed by atoms with Gasteiger partial charge in [-0.25, -0.2) is 4.98 Å². The molecule has 6 nitrogen and oxygen atoms in total. The second kappa shape index (κ2) is 6.01. The van der Waals surface area contributed by atoms with Crippen molar-refractivity contribution >= 4 is 22.4 Å². The lowest BCUT2D eigenvalue weighted by atomic mass is 10.3. The molecule has 0 atom stereocenters. The van der Waals surface area contributed by atoms with Crippen LogP contribution in [0.1, 0.15) is 34.9 Å². The number of nitrogens with zero attached hydrogens (tertiary/aromatic N) is 3. The molecule has 1 N–H and O–H groups in total. The van der Waals surface area contributed by atoms with Gasteiger partial charge in [0.25, 0.3) is 11.5 Å². The van der Waals surface area contributed by atoms with Crippen molar-refractivity contribution in [1.82, 2.24) is 14.8 Å². The van der Waals surface area contributed by atoms with Crippen LogP contribution >= 0.6 is 11.3 Å². The Labute approximate surface area is 141 Å². The van der Waals surface area contributed by atoms with Crippen molar-refractivity contribution in [3.8, 4) is 5.69 Å². The van der Waals surface area contributed by atoms with E-state index in [1.54, 1.807) is 12.1 Å². The Bertz CT molecular complexity index is 944. The molecule has 2 heterocycles. The normalized spacial score (nSPS) is 13.7. The molecule has 1 saturated carbocycles. The number of carbonyl (C=O) groups is 1. The molecule has 1 aliphatic carbocycles. The Balaban J connectivity index is 1.59. The number of aromatic nitrogens is 3. The lowest BCUT2D eigenvalue weighted by Crippen LogP contribution is -2.24. The van der Waals surface area contributed by atoms with Crippen molar-refractivity contribution in [2.24, 2.45) is 0 Å². The van der Waals surface area contributed by atoms with Crippen molar-refractivity contribution in [3.05, 3.63) is 69.6 Å². The fourth-order valence-electron chi connectivity index (χ4n) is 2.36. The number of para-hydroxylation sites is 1. The Morgan fingerprint density at radius 1 is 1.17 bits per heavy atom. The van der Waals surface area contributed by atoms with Crippen molar-refractivity contribution in [3.63, 3.8) is 0 Å². The van der Waals surface area contributed by atoms with E-state index >= 15 is 0 Å². The molecule has 0 saturated heterocycles. The molecule has 1 fully saturated rings. The highest BCUT2D eigenvalue weighted by Gasteiger charge is 2.26. The van der Waals surface area contributed by atoms with Crippen LogP contribution in [-0.2, 0) is 0 Å². The van der Waals surface area contributed by atoms with E-state index < -0.39 is 0 Å². The topological polar surface area (TPSA) is 76.9 Å². The summed E-state index contributed by atoms with van der Waals surface area (Å²) in [6.45, 7) is 0. The van der Waals surface area contributed by atoms with Crippen LogP contribution < -0.4 is 10.9 Å². The van der Waals surface area contributed by atoms with Gasteiger partial charge in [0.15, 0.2) is 5.13 Å². The van der Waals surface area contributed by atoms with Crippen LogP contribution in [0.5, 0.6) is 0 Å². The minimum absolute atomic E-state index is 0.168. The van der Waals surface area contributed by atoms with Crippen LogP contribution in [0.25, 0.3) is 5.69 Å². The first-order chi connectivity index (χ1) is 11.7. The van der Waals surface area contributed by atoms with Crippen molar-refractivity contribution in [2.75, 3.05) is 5.32 Å². The van der Waals surface area contributed by atoms with Gasteiger partial charge in [-0.3, -0.25) is 14.9 Å². The number of thiazole rings is 1. The van der Waals surface area contributed by atoms with Gasteiger partial charge in [0, 0.05) is 17.4 Å². The largest absolute Gasteiger partial charge is 0.296 e. The van der Waals surface area contributed by atoms with Crippen LogP contribution in [0.2, 0.25) is 0 Å². The molecule has 2 aromatic heterocycles. The first-order valence-electron chi connectivity index (χ1n) is 7.63. The Kier molecular flexibility index (Phi) is 3.70. The Morgan fingerprint density at radius 3 is 2.71 bits per heavy atom. The zero-order chi connectivity index (χ0) is 16.5. The number of hydrogen-bond acceptors (Lipinski definition) is 5. The maximum atomic E-state index is 12.4. The van der Waals surface area contributed by atoms with E-state index in [1.807, 2.05) is 23.6 Å². The summed E-state index contributed by atoms with van der Waals surface area (Å²) in [5, 5.41) is 9.45. The zero-order valence-electron chi connectivity index (χ0n) is 12.7. The van der Waals surface area contributed by atoms with E-state index in [4.69, 9.17) is 0 Å². The first kappa shape index (κ1) is 14.8. The fraction of sp³-hybridized carbons (Fsp3) is 0.176. The quantitative estimate of drug-likeness (QED) is 0.793. The van der Waals surface area contributed by atoms with Crippen molar-refractivity contribution in [1.29, 1.82) is 0 Å². The highest BCUT2D eigenvalue weighted by atomic mass is 32.1. The highest BCUT2D eigenvalue weighted by molar-refractivity contribution is 7.14. The summed E-state index contributed by atoms with van der Waals surface area (Å²) < 4.78 is 1.21. The molecule has 3 aromatic rings. The van der Waals surface area contributed by atoms with E-state index in [-0.39, 0.29) is 17.2 Å². The van der Waals surface area contributed by atoms with Gasteiger partial charge in [-0.05, 0) is 31.0 Å². The maximum absolute atomic E-state index is 12.4. The van der Waals surface area contributed by atoms with Gasteiger partial charge < -0.3 is 0 Å². The smallest absolute Gasteiger partial charge is 0.277 e. The third-order valence-corrected chi connectivity index (χ3v) is 4.55. The molecule has 0 radical (unpaired) electrons. The van der Waals surface area contributed by atoms with Gasteiger partial charge in [0.05, 0.1) is 11.4 Å². The molecule has 0 unspecified atom stereocenters. The molecule has 24 heavy (non-hydrogen) atoms. The van der Waals surface area contributed by atoms with Crippen LogP contribution in [0.4, 0.5) is 5.13 Å². The summed E-state index contributed by atoms with van der Waals surface area (Å²) >= 11 is 1.41. The van der Waals surface area contributed by atoms with Gasteiger partial charge >= 0.3 is 0 Å². The molecular weight excluding hydrogens is 324 g/mol. The third kappa shape index (κ3) is 2.98. The van der Waals surface area contributed by atoms with Gasteiger partial charge in [-0.1, -0.05) is 18.2 Å². The number of benzene rings is 1. The van der Waals surface area contributed by atoms with Crippen LogP contribution in [-0.4, -0.2) is 20.7 Å². The third-order valence-electron chi connectivity index (χ3n) is 3.77. The zero-order valence-corrected chi connectivity index (χ0v) is 13.5. The minimum Gasteiger partial charge on any atom is -0.296 e. The van der Waals surface area contributed by atoms with Gasteiger partial charge in [-0.15, -0.1) is 11.3 Å². The van der Waals surface area contributed by atoms with Gasteiger partial charge in [-0.2, -0.15) is 9.78 Å². The minimum atomic E-state index is -0.378. The molecule has 1 aromatic carbocycles. The number of carbonyl (C=O) groups excluding carboxylic acids is 1. The lowest BCUT2D eigenvalue weighted by Gasteiger charge is -2.06. The Morgan fingerprint density at radius 2 is 1.96 bits per heavy atom. The molecule has 1 aliphatic rings. The summed E-state index contributed by atoms with van der Waals surface area (Å²) in [5.41, 5.74) is 1.53. The lowest BCUT2D eigenvalue weighted by molar-refractivity contribution is 0.102. The molecule has 0 aliphatic heterocycles. The summed E-state index contributed by atoms with van der Waals surface area (Å²) in [6.07, 6.45) is 2.33. The van der Waals surface area contributed by atoms with Gasteiger partial charge in [0.2, 0.25) is 0 Å². The second-order valence-corrected chi connectivity index (χ2v) is 6.47. The number of anilines is 1. The molecule has 120 valence electrons. The molecule has 0 bridgehead atoms. The summed E-state index contributed by atoms with van der Waals surface area (Å²) in [6, 6.07) is 11.8. The van der Waals surface area contributed by atoms with Gasteiger partial charge in [0.1, 0.15) is 5.69 Å². The molecule has 4 rings (SSSR count). The highest BCUT2D eigenvalue weighted by Crippen LogP contribution is 2.40. The maximum Gasteiger partial charge on any atom is 0.277 e. The predicted molar refractivity (Wildman–Crippen MR) is 91.9 cm³/mol. The standard InChI is InChI=1S/C17H14N4O2S/c22-15-9-8-13(20-21(15)12-4-2-1-3-5-12)16(23)19-17-18-14(10-24-17)11-6-7-11/h1-5,8-11H,6-7H2,(H,18,19,23). The number of hydrogen-bond donors (Lipinski definition) is 1. The fourth-order valence-corrected chi connectivity index (χ4v) is 3.15. The van der Waals surface area contributed by atoms with Crippen molar-refractivity contribution < 1.29 is 4.79 Å². The summed E-state index contributed by atoms with van der Waals surface area (Å²) in [4.78, 5) is 28.8. The van der Waals surface area contributed by atoms with Crippen LogP contribution in [0, 0.1) is 0 Å². The average Bonchev–Trinajstić information content (AvgIpc) is 3.36. The first-order valence-corrected chi connectivity index (χ1v) is 8.51. The summed E-state index contributed by atoms with van der Waals surface area (Å²) in [7, 11) is 0. The van der Waals surface area contributed by atoms with E-state index in [0.29, 0.717) is 16.7 Å². The molecular formula is C17H14N4O2S. The van der Waals surface area contributed by atoms with Crippen LogP contribution in [0.15, 0.2) is 52.6 Å². The van der Waals surface area contributed by atoms with E-state index in [2.05, 4.69) is 15.4 Å². The van der Waals surface area contributed by atoms with E-state index in [9.17, 15) is 9.59 Å². The van der Waals surface area contributed by atoms with Crippen molar-refractivity contribution in [2.45, 2.75) is 18.8 Å². The number of nitrogens with one attached hydrogen (secondary N) is 1. The van der Waals surface area contributed by atoms with E-state index in [1.165, 1.54) is 41.0 Å².